The Bertz CT molecular complexity index is 488. The molecule has 1 heterocycles. The summed E-state index contributed by atoms with van der Waals surface area (Å²) in [5.74, 6) is 0.229. The zero-order valence-electron chi connectivity index (χ0n) is 13.4. The fourth-order valence-corrected chi connectivity index (χ4v) is 3.86. The molecule has 21 heavy (non-hydrogen) atoms. The molecular weight excluding hydrogens is 330 g/mol. The van der Waals surface area contributed by atoms with Gasteiger partial charge in [0.05, 0.1) is 16.2 Å². The van der Waals surface area contributed by atoms with Gasteiger partial charge in [0.1, 0.15) is 5.69 Å². The maximum Gasteiger partial charge on any atom is 0.202 e. The zero-order valence-corrected chi connectivity index (χ0v) is 14.9. The monoisotopic (exact) mass is 355 g/mol. The summed E-state index contributed by atoms with van der Waals surface area (Å²) in [5.41, 5.74) is 0.373. The van der Waals surface area contributed by atoms with Gasteiger partial charge in [0.2, 0.25) is 5.78 Å². The quantitative estimate of drug-likeness (QED) is 0.593. The molecule has 5 heteroatoms. The number of aryl methyl sites for hydroxylation is 1. The molecule has 0 radical (unpaired) electrons. The lowest BCUT2D eigenvalue weighted by atomic mass is 9.83. The fourth-order valence-electron chi connectivity index (χ4n) is 3.38. The number of Topliss-reactive ketones (excluding diaryl/α,β-unsaturated/α-hetero) is 1. The van der Waals surface area contributed by atoms with Crippen molar-refractivity contribution in [1.29, 1.82) is 0 Å². The van der Waals surface area contributed by atoms with Crippen molar-refractivity contribution in [2.45, 2.75) is 64.0 Å². The van der Waals surface area contributed by atoms with Crippen LogP contribution >= 0.6 is 15.9 Å². The first-order valence-corrected chi connectivity index (χ1v) is 8.76. The number of ketones is 1. The first-order valence-electron chi connectivity index (χ1n) is 7.96. The normalized spacial score (nSPS) is 18.7. The first kappa shape index (κ1) is 16.7. The highest BCUT2D eigenvalue weighted by Gasteiger charge is 2.43. The predicted molar refractivity (Wildman–Crippen MR) is 88.7 cm³/mol. The Kier molecular flexibility index (Phi) is 5.60. The van der Waals surface area contributed by atoms with Gasteiger partial charge in [-0.25, -0.2) is 0 Å². The van der Waals surface area contributed by atoms with Gasteiger partial charge in [-0.3, -0.25) is 14.4 Å². The van der Waals surface area contributed by atoms with E-state index in [2.05, 4.69) is 32.9 Å². The van der Waals surface area contributed by atoms with Crippen LogP contribution in [-0.2, 0) is 6.54 Å². The third-order valence-electron chi connectivity index (χ3n) is 4.65. The molecule has 1 fully saturated rings. The van der Waals surface area contributed by atoms with Crippen molar-refractivity contribution in [2.24, 2.45) is 0 Å². The van der Waals surface area contributed by atoms with E-state index in [0.717, 1.165) is 48.8 Å². The Balaban J connectivity index is 2.41. The second-order valence-electron chi connectivity index (χ2n) is 6.23. The molecule has 0 bridgehead atoms. The summed E-state index contributed by atoms with van der Waals surface area (Å²) in [7, 11) is 4.08. The number of aromatic nitrogens is 2. The van der Waals surface area contributed by atoms with Gasteiger partial charge < -0.3 is 0 Å². The average Bonchev–Trinajstić information content (AvgIpc) is 2.67. The van der Waals surface area contributed by atoms with Crippen molar-refractivity contribution in [1.82, 2.24) is 14.7 Å². The number of hydrogen-bond acceptors (Lipinski definition) is 3. The molecule has 1 saturated carbocycles. The topological polar surface area (TPSA) is 38.1 Å². The van der Waals surface area contributed by atoms with Crippen molar-refractivity contribution in [3.63, 3.8) is 0 Å². The van der Waals surface area contributed by atoms with Gasteiger partial charge in [-0.15, -0.1) is 0 Å². The molecule has 0 N–H and O–H groups in total. The molecule has 118 valence electrons. The van der Waals surface area contributed by atoms with Crippen LogP contribution in [0.1, 0.15) is 62.4 Å². The van der Waals surface area contributed by atoms with Crippen LogP contribution in [0.25, 0.3) is 0 Å². The lowest BCUT2D eigenvalue weighted by Crippen LogP contribution is -2.51. The van der Waals surface area contributed by atoms with E-state index < -0.39 is 0 Å². The van der Waals surface area contributed by atoms with Crippen molar-refractivity contribution >= 4 is 21.7 Å². The van der Waals surface area contributed by atoms with Crippen LogP contribution in [0.3, 0.4) is 0 Å². The van der Waals surface area contributed by atoms with E-state index in [1.54, 1.807) is 6.20 Å². The van der Waals surface area contributed by atoms with Crippen LogP contribution in [0.4, 0.5) is 0 Å². The number of likely N-dealkylation sites (N-methyl/N-ethyl adjacent to an activating group) is 1. The van der Waals surface area contributed by atoms with Crippen LogP contribution < -0.4 is 0 Å². The van der Waals surface area contributed by atoms with Crippen molar-refractivity contribution in [3.05, 3.63) is 16.4 Å². The predicted octanol–water partition coefficient (Wildman–Crippen LogP) is 3.89. The van der Waals surface area contributed by atoms with E-state index >= 15 is 0 Å². The number of carbonyl (C=O) groups is 1. The molecule has 2 rings (SSSR count). The van der Waals surface area contributed by atoms with Crippen molar-refractivity contribution in [3.8, 4) is 0 Å². The van der Waals surface area contributed by atoms with Gasteiger partial charge in [-0.05, 0) is 49.3 Å². The summed E-state index contributed by atoms with van der Waals surface area (Å²) in [6, 6.07) is 0. The van der Waals surface area contributed by atoms with Gasteiger partial charge in [0.25, 0.3) is 0 Å². The lowest BCUT2D eigenvalue weighted by Gasteiger charge is -2.38. The molecule has 0 amide bonds. The van der Waals surface area contributed by atoms with Crippen LogP contribution in [-0.4, -0.2) is 40.1 Å². The summed E-state index contributed by atoms with van der Waals surface area (Å²) < 4.78 is 2.69. The van der Waals surface area contributed by atoms with E-state index in [1.165, 1.54) is 12.8 Å². The molecule has 4 nitrogen and oxygen atoms in total. The standard InChI is InChI=1S/C16H26BrN3O/c1-4-11-20-14(13(17)12-18-20)15(21)16(19(2)3)9-7-5-6-8-10-16/h12H,4-11H2,1-3H3. The van der Waals surface area contributed by atoms with E-state index in [0.29, 0.717) is 0 Å². The SMILES string of the molecule is CCCn1ncc(Br)c1C(=O)C1(N(C)C)CCCCCC1. The van der Waals surface area contributed by atoms with Crippen LogP contribution in [0.2, 0.25) is 0 Å². The Morgan fingerprint density at radius 3 is 2.48 bits per heavy atom. The molecule has 0 atom stereocenters. The molecule has 1 aromatic heterocycles. The fraction of sp³-hybridized carbons (Fsp3) is 0.750. The van der Waals surface area contributed by atoms with E-state index in [9.17, 15) is 4.79 Å². The highest BCUT2D eigenvalue weighted by Crippen LogP contribution is 2.35. The van der Waals surface area contributed by atoms with Gasteiger partial charge in [-0.1, -0.05) is 32.6 Å². The second-order valence-corrected chi connectivity index (χ2v) is 7.09. The molecule has 0 saturated heterocycles. The van der Waals surface area contributed by atoms with E-state index in [4.69, 9.17) is 0 Å². The summed E-state index contributed by atoms with van der Waals surface area (Å²) in [6.07, 6.45) is 9.35. The molecule has 0 aliphatic heterocycles. The smallest absolute Gasteiger partial charge is 0.202 e. The third kappa shape index (κ3) is 3.24. The zero-order chi connectivity index (χ0) is 15.5. The molecule has 0 unspecified atom stereocenters. The number of hydrogen-bond donors (Lipinski definition) is 0. The summed E-state index contributed by atoms with van der Waals surface area (Å²) >= 11 is 3.52. The highest BCUT2D eigenvalue weighted by atomic mass is 79.9. The summed E-state index contributed by atoms with van der Waals surface area (Å²) in [4.78, 5) is 15.5. The first-order chi connectivity index (χ1) is 10.0. The van der Waals surface area contributed by atoms with Crippen LogP contribution in [0.5, 0.6) is 0 Å². The minimum atomic E-state index is -0.370. The number of halogens is 1. The molecule has 0 aromatic carbocycles. The average molecular weight is 356 g/mol. The minimum Gasteiger partial charge on any atom is -0.297 e. The number of nitrogens with zero attached hydrogens (tertiary/aromatic N) is 3. The molecule has 1 aliphatic rings. The highest BCUT2D eigenvalue weighted by molar-refractivity contribution is 9.10. The minimum absolute atomic E-state index is 0.229. The maximum atomic E-state index is 13.4. The van der Waals surface area contributed by atoms with Gasteiger partial charge in [0, 0.05) is 6.54 Å². The molecule has 1 aromatic rings. The van der Waals surface area contributed by atoms with Crippen LogP contribution in [0, 0.1) is 0 Å². The van der Waals surface area contributed by atoms with E-state index in [-0.39, 0.29) is 11.3 Å². The Hall–Kier alpha value is -0.680. The van der Waals surface area contributed by atoms with E-state index in [1.807, 2.05) is 18.8 Å². The third-order valence-corrected chi connectivity index (χ3v) is 5.24. The number of rotatable bonds is 5. The van der Waals surface area contributed by atoms with Crippen molar-refractivity contribution in [2.75, 3.05) is 14.1 Å². The Labute approximate surface area is 136 Å². The van der Waals surface area contributed by atoms with Gasteiger partial charge >= 0.3 is 0 Å². The molecular formula is C16H26BrN3O. The van der Waals surface area contributed by atoms with Gasteiger partial charge in [-0.2, -0.15) is 5.10 Å². The Morgan fingerprint density at radius 1 is 1.33 bits per heavy atom. The maximum absolute atomic E-state index is 13.4. The Morgan fingerprint density at radius 2 is 1.95 bits per heavy atom. The molecule has 1 aliphatic carbocycles. The summed E-state index contributed by atoms with van der Waals surface area (Å²) in [5, 5.41) is 4.37. The van der Waals surface area contributed by atoms with Crippen LogP contribution in [0.15, 0.2) is 10.7 Å². The number of carbonyl (C=O) groups excluding carboxylic acids is 1. The summed E-state index contributed by atoms with van der Waals surface area (Å²) in [6.45, 7) is 2.90. The lowest BCUT2D eigenvalue weighted by molar-refractivity contribution is 0.0622. The van der Waals surface area contributed by atoms with Gasteiger partial charge in [0.15, 0.2) is 0 Å². The largest absolute Gasteiger partial charge is 0.297 e. The van der Waals surface area contributed by atoms with Crippen molar-refractivity contribution < 1.29 is 4.79 Å². The molecule has 0 spiro atoms. The second kappa shape index (κ2) is 7.05.